The molecule has 2 nitrogen and oxygen atoms in total. The number of fused-ring (bicyclic) bond motifs is 8. The molecule has 0 saturated carbocycles. The van der Waals surface area contributed by atoms with E-state index in [1.54, 1.807) is 6.92 Å². The summed E-state index contributed by atoms with van der Waals surface area (Å²) in [6.45, 7) is 1.55. The van der Waals surface area contributed by atoms with Gasteiger partial charge in [-0.1, -0.05) is 84.9 Å². The summed E-state index contributed by atoms with van der Waals surface area (Å²) in [5, 5.41) is 3.04. The number of rotatable bonds is 1. The van der Waals surface area contributed by atoms with Crippen molar-refractivity contribution in [3.05, 3.63) is 91.0 Å². The average molecular weight is 361 g/mol. The van der Waals surface area contributed by atoms with E-state index in [9.17, 15) is 4.79 Å². The minimum atomic E-state index is -0.0679. The van der Waals surface area contributed by atoms with Gasteiger partial charge < -0.3 is 5.32 Å². The van der Waals surface area contributed by atoms with Crippen LogP contribution in [0.15, 0.2) is 91.0 Å². The second-order valence-corrected chi connectivity index (χ2v) is 7.05. The maximum atomic E-state index is 11.9. The second kappa shape index (κ2) is 6.50. The number of nitrogens with one attached hydrogen (secondary N) is 1. The number of carbonyl (C=O) groups excluding carboxylic acids is 1. The van der Waals surface area contributed by atoms with Crippen molar-refractivity contribution in [3.63, 3.8) is 0 Å². The Bertz CT molecular complexity index is 1220. The van der Waals surface area contributed by atoms with Crippen LogP contribution in [0.1, 0.15) is 6.92 Å². The third-order valence-electron chi connectivity index (χ3n) is 5.30. The molecule has 28 heavy (non-hydrogen) atoms. The zero-order chi connectivity index (χ0) is 19.1. The van der Waals surface area contributed by atoms with Crippen molar-refractivity contribution >= 4 is 11.6 Å². The summed E-state index contributed by atoms with van der Waals surface area (Å²) >= 11 is 0. The summed E-state index contributed by atoms with van der Waals surface area (Å²) in [5.74, 6) is -0.0679. The van der Waals surface area contributed by atoms with E-state index in [2.05, 4.69) is 84.2 Å². The molecule has 0 unspecified atom stereocenters. The highest BCUT2D eigenvalue weighted by molar-refractivity contribution is 6.08. The van der Waals surface area contributed by atoms with Crippen LogP contribution in [0.25, 0.3) is 44.5 Å². The van der Waals surface area contributed by atoms with E-state index in [4.69, 9.17) is 0 Å². The molecule has 0 aromatic heterocycles. The van der Waals surface area contributed by atoms with Gasteiger partial charge in [0.25, 0.3) is 0 Å². The number of benzene rings is 4. The third kappa shape index (κ3) is 2.54. The molecule has 1 aliphatic rings. The van der Waals surface area contributed by atoms with Gasteiger partial charge in [0.2, 0.25) is 5.91 Å². The van der Waals surface area contributed by atoms with Gasteiger partial charge >= 0.3 is 0 Å². The summed E-state index contributed by atoms with van der Waals surface area (Å²) < 4.78 is 0. The summed E-state index contributed by atoms with van der Waals surface area (Å²) in [7, 11) is 0. The van der Waals surface area contributed by atoms with E-state index in [-0.39, 0.29) is 5.91 Å². The number of hydrogen-bond acceptors (Lipinski definition) is 1. The molecule has 0 heterocycles. The summed E-state index contributed by atoms with van der Waals surface area (Å²) in [5.41, 5.74) is 10.1. The van der Waals surface area contributed by atoms with Crippen LogP contribution in [0, 0.1) is 0 Å². The normalized spacial score (nSPS) is 11.2. The van der Waals surface area contributed by atoms with Crippen molar-refractivity contribution in [2.45, 2.75) is 6.92 Å². The van der Waals surface area contributed by atoms with Gasteiger partial charge in [-0.25, -0.2) is 0 Å². The first-order chi connectivity index (χ1) is 13.7. The maximum absolute atomic E-state index is 11.9. The highest BCUT2D eigenvalue weighted by atomic mass is 16.1. The highest BCUT2D eigenvalue weighted by Crippen LogP contribution is 2.49. The fourth-order valence-corrected chi connectivity index (χ4v) is 4.20. The second-order valence-electron chi connectivity index (χ2n) is 7.05. The highest BCUT2D eigenvalue weighted by Gasteiger charge is 2.23. The minimum Gasteiger partial charge on any atom is -0.326 e. The van der Waals surface area contributed by atoms with Gasteiger partial charge in [0.05, 0.1) is 0 Å². The molecule has 0 fully saturated rings. The Morgan fingerprint density at radius 2 is 0.929 bits per heavy atom. The van der Waals surface area contributed by atoms with Gasteiger partial charge in [0, 0.05) is 18.2 Å². The Kier molecular flexibility index (Phi) is 3.84. The minimum absolute atomic E-state index is 0.0679. The number of amides is 1. The summed E-state index contributed by atoms with van der Waals surface area (Å²) in [6.07, 6.45) is 0. The van der Waals surface area contributed by atoms with E-state index in [1.807, 2.05) is 12.1 Å². The average Bonchev–Trinajstić information content (AvgIpc) is 2.72. The molecule has 134 valence electrons. The van der Waals surface area contributed by atoms with Crippen LogP contribution in [-0.2, 0) is 4.79 Å². The SMILES string of the molecule is CC(=O)Nc1cccc2c1-c1ccccc1-c1ccccc1-c1ccccc1-2. The van der Waals surface area contributed by atoms with Gasteiger partial charge in [0.15, 0.2) is 0 Å². The molecule has 1 amide bonds. The van der Waals surface area contributed by atoms with Gasteiger partial charge in [0.1, 0.15) is 0 Å². The van der Waals surface area contributed by atoms with Crippen LogP contribution >= 0.6 is 0 Å². The van der Waals surface area contributed by atoms with E-state index < -0.39 is 0 Å². The first-order valence-corrected chi connectivity index (χ1v) is 9.43. The van der Waals surface area contributed by atoms with Crippen molar-refractivity contribution in [1.29, 1.82) is 0 Å². The Morgan fingerprint density at radius 1 is 0.536 bits per heavy atom. The molecule has 0 atom stereocenters. The van der Waals surface area contributed by atoms with Crippen molar-refractivity contribution in [1.82, 2.24) is 0 Å². The lowest BCUT2D eigenvalue weighted by Crippen LogP contribution is -2.08. The van der Waals surface area contributed by atoms with E-state index in [1.165, 1.54) is 27.8 Å². The first-order valence-electron chi connectivity index (χ1n) is 9.43. The van der Waals surface area contributed by atoms with Crippen LogP contribution < -0.4 is 5.32 Å². The van der Waals surface area contributed by atoms with Crippen molar-refractivity contribution < 1.29 is 4.79 Å². The van der Waals surface area contributed by atoms with Crippen LogP contribution in [0.4, 0.5) is 5.69 Å². The Hall–Kier alpha value is -3.65. The Balaban J connectivity index is 1.97. The van der Waals surface area contributed by atoms with Gasteiger partial charge in [-0.05, 0) is 45.0 Å². The summed E-state index contributed by atoms with van der Waals surface area (Å²) in [4.78, 5) is 11.9. The summed E-state index contributed by atoms with van der Waals surface area (Å²) in [6, 6.07) is 31.6. The molecule has 2 heteroatoms. The molecule has 4 aromatic carbocycles. The first kappa shape index (κ1) is 16.5. The van der Waals surface area contributed by atoms with E-state index in [0.717, 1.165) is 22.4 Å². The predicted octanol–water partition coefficient (Wildman–Crippen LogP) is 6.63. The van der Waals surface area contributed by atoms with Crippen LogP contribution in [0.2, 0.25) is 0 Å². The molecule has 0 radical (unpaired) electrons. The molecule has 0 saturated heterocycles. The largest absolute Gasteiger partial charge is 0.326 e. The molecule has 5 rings (SSSR count). The van der Waals surface area contributed by atoms with Crippen LogP contribution in [0.5, 0.6) is 0 Å². The van der Waals surface area contributed by atoms with Gasteiger partial charge in [-0.3, -0.25) is 4.79 Å². The molecule has 4 aromatic rings. The smallest absolute Gasteiger partial charge is 0.221 e. The van der Waals surface area contributed by atoms with Gasteiger partial charge in [-0.15, -0.1) is 0 Å². The lowest BCUT2D eigenvalue weighted by atomic mass is 9.80. The lowest BCUT2D eigenvalue weighted by molar-refractivity contribution is -0.114. The molecule has 1 N–H and O–H groups in total. The standard InChI is InChI=1S/C26H19NO/c1-17(28)27-25-16-8-15-24-22-12-5-4-11-20(22)18-9-2-3-10-19(18)21-13-6-7-14-23(21)26(24)25/h2-16H,1H3,(H,27,28). The monoisotopic (exact) mass is 361 g/mol. The van der Waals surface area contributed by atoms with Crippen molar-refractivity contribution in [3.8, 4) is 44.5 Å². The number of hydrogen-bond donors (Lipinski definition) is 1. The molecule has 0 bridgehead atoms. The molecular formula is C26H19NO. The van der Waals surface area contributed by atoms with E-state index in [0.29, 0.717) is 0 Å². The lowest BCUT2D eigenvalue weighted by Gasteiger charge is -2.24. The van der Waals surface area contributed by atoms with Gasteiger partial charge in [-0.2, -0.15) is 0 Å². The molecule has 0 aliphatic heterocycles. The van der Waals surface area contributed by atoms with Crippen LogP contribution in [-0.4, -0.2) is 5.91 Å². The topological polar surface area (TPSA) is 29.1 Å². The maximum Gasteiger partial charge on any atom is 0.221 e. The van der Waals surface area contributed by atoms with Crippen LogP contribution in [0.3, 0.4) is 0 Å². The fourth-order valence-electron chi connectivity index (χ4n) is 4.20. The predicted molar refractivity (Wildman–Crippen MR) is 116 cm³/mol. The quantitative estimate of drug-likeness (QED) is 0.357. The Morgan fingerprint density at radius 3 is 1.43 bits per heavy atom. The number of carbonyl (C=O) groups is 1. The molecule has 1 aliphatic carbocycles. The number of anilines is 1. The fraction of sp³-hybridized carbons (Fsp3) is 0.0385. The van der Waals surface area contributed by atoms with Crippen molar-refractivity contribution in [2.75, 3.05) is 5.32 Å². The Labute approximate surface area is 164 Å². The molecule has 0 spiro atoms. The zero-order valence-corrected chi connectivity index (χ0v) is 15.6. The molecular weight excluding hydrogens is 342 g/mol. The zero-order valence-electron chi connectivity index (χ0n) is 15.6. The third-order valence-corrected chi connectivity index (χ3v) is 5.30. The van der Waals surface area contributed by atoms with E-state index >= 15 is 0 Å². The van der Waals surface area contributed by atoms with Crippen molar-refractivity contribution in [2.24, 2.45) is 0 Å².